The van der Waals surface area contributed by atoms with Crippen LogP contribution >= 0.6 is 11.6 Å². The van der Waals surface area contributed by atoms with Gasteiger partial charge in [0.05, 0.1) is 15.3 Å². The van der Waals surface area contributed by atoms with Gasteiger partial charge in [0.1, 0.15) is 5.69 Å². The second-order valence-electron chi connectivity index (χ2n) is 9.88. The molecule has 0 saturated carbocycles. The second-order valence-corrected chi connectivity index (χ2v) is 14.0. The summed E-state index contributed by atoms with van der Waals surface area (Å²) >= 11 is 6.22. The van der Waals surface area contributed by atoms with Crippen LogP contribution in [0, 0.1) is 0 Å². The number of hydrogen-bond acceptors (Lipinski definition) is 5. The minimum atomic E-state index is -4.20. The average Bonchev–Trinajstić information content (AvgIpc) is 3.33. The molecular formula is C32H25ClN2O5S2. The number of benzene rings is 4. The van der Waals surface area contributed by atoms with Crippen molar-refractivity contribution in [1.29, 1.82) is 0 Å². The highest BCUT2D eigenvalue weighted by Crippen LogP contribution is 2.35. The first-order chi connectivity index (χ1) is 20.2. The van der Waals surface area contributed by atoms with Gasteiger partial charge >= 0.3 is 0 Å². The van der Waals surface area contributed by atoms with Gasteiger partial charge in [0.15, 0.2) is 0 Å². The number of rotatable bonds is 5. The van der Waals surface area contributed by atoms with E-state index < -0.39 is 25.8 Å². The number of carbonyl (C=O) groups is 1. The molecule has 1 aliphatic heterocycles. The van der Waals surface area contributed by atoms with Crippen LogP contribution in [-0.4, -0.2) is 44.0 Å². The van der Waals surface area contributed by atoms with Crippen molar-refractivity contribution < 1.29 is 21.6 Å². The summed E-state index contributed by atoms with van der Waals surface area (Å²) in [5.74, 6) is -0.575. The van der Waals surface area contributed by atoms with Crippen LogP contribution in [0.15, 0.2) is 125 Å². The molecule has 0 saturated heterocycles. The first kappa shape index (κ1) is 28.1. The van der Waals surface area contributed by atoms with E-state index in [0.717, 1.165) is 3.97 Å². The maximum absolute atomic E-state index is 14.5. The molecule has 0 radical (unpaired) electrons. The molecule has 0 spiro atoms. The van der Waals surface area contributed by atoms with Gasteiger partial charge in [-0.05, 0) is 66.1 Å². The van der Waals surface area contributed by atoms with Crippen molar-refractivity contribution >= 4 is 54.4 Å². The molecule has 2 heterocycles. The Balaban J connectivity index is 1.61. The summed E-state index contributed by atoms with van der Waals surface area (Å²) in [4.78, 5) is 14.7. The molecule has 42 heavy (non-hydrogen) atoms. The summed E-state index contributed by atoms with van der Waals surface area (Å²) in [5.41, 5.74) is 1.52. The topological polar surface area (TPSA) is 93.5 Å². The monoisotopic (exact) mass is 616 g/mol. The third kappa shape index (κ3) is 4.98. The molecule has 4 aromatic carbocycles. The van der Waals surface area contributed by atoms with E-state index in [-0.39, 0.29) is 40.6 Å². The van der Waals surface area contributed by atoms with Crippen LogP contribution in [0.2, 0.25) is 5.02 Å². The highest BCUT2D eigenvalue weighted by atomic mass is 35.5. The predicted octanol–water partition coefficient (Wildman–Crippen LogP) is 6.05. The van der Waals surface area contributed by atoms with Crippen molar-refractivity contribution in [2.75, 3.05) is 13.1 Å². The lowest BCUT2D eigenvalue weighted by molar-refractivity contribution is 0.102. The summed E-state index contributed by atoms with van der Waals surface area (Å²) in [6.45, 7) is -0.224. The number of hydrogen-bond donors (Lipinski definition) is 0. The fraction of sp³-hybridized carbons (Fsp3) is 0.0938. The molecule has 0 amide bonds. The van der Waals surface area contributed by atoms with Crippen molar-refractivity contribution in [1.82, 2.24) is 8.28 Å². The van der Waals surface area contributed by atoms with Gasteiger partial charge in [0.2, 0.25) is 15.8 Å². The summed E-state index contributed by atoms with van der Waals surface area (Å²) in [5, 5.41) is 1.01. The zero-order valence-electron chi connectivity index (χ0n) is 22.2. The van der Waals surface area contributed by atoms with Gasteiger partial charge in [-0.2, -0.15) is 4.31 Å². The van der Waals surface area contributed by atoms with Crippen LogP contribution in [0.4, 0.5) is 0 Å². The lowest BCUT2D eigenvalue weighted by atomic mass is 9.97. The highest BCUT2D eigenvalue weighted by Gasteiger charge is 2.36. The Bertz CT molecular complexity index is 2070. The van der Waals surface area contributed by atoms with Crippen LogP contribution in [0.3, 0.4) is 0 Å². The minimum Gasteiger partial charge on any atom is -0.287 e. The van der Waals surface area contributed by atoms with Crippen molar-refractivity contribution in [2.24, 2.45) is 0 Å². The molecule has 0 N–H and O–H groups in total. The summed E-state index contributed by atoms with van der Waals surface area (Å²) in [6, 6.07) is 29.7. The van der Waals surface area contributed by atoms with Gasteiger partial charge in [-0.25, -0.2) is 20.8 Å². The lowest BCUT2D eigenvalue weighted by Gasteiger charge is -2.26. The van der Waals surface area contributed by atoms with Crippen molar-refractivity contribution in [2.45, 2.75) is 16.2 Å². The second kappa shape index (κ2) is 11.0. The van der Waals surface area contributed by atoms with Crippen molar-refractivity contribution in [3.63, 3.8) is 0 Å². The van der Waals surface area contributed by atoms with Gasteiger partial charge in [0, 0.05) is 29.1 Å². The van der Waals surface area contributed by atoms with E-state index >= 15 is 0 Å². The van der Waals surface area contributed by atoms with Gasteiger partial charge in [0.25, 0.3) is 10.0 Å². The maximum Gasteiger partial charge on any atom is 0.268 e. The molecule has 5 aromatic rings. The first-order valence-corrected chi connectivity index (χ1v) is 16.4. The number of aromatic nitrogens is 1. The summed E-state index contributed by atoms with van der Waals surface area (Å²) in [7, 11) is -8.19. The Kier molecular flexibility index (Phi) is 7.36. The Hall–Kier alpha value is -4.02. The van der Waals surface area contributed by atoms with Crippen molar-refractivity contribution in [3.8, 4) is 0 Å². The molecule has 1 aliphatic rings. The van der Waals surface area contributed by atoms with Crippen LogP contribution in [0.1, 0.15) is 21.6 Å². The smallest absolute Gasteiger partial charge is 0.268 e. The van der Waals surface area contributed by atoms with Gasteiger partial charge < -0.3 is 0 Å². The number of ketones is 1. The molecule has 0 bridgehead atoms. The quantitative estimate of drug-likeness (QED) is 0.224. The molecule has 10 heteroatoms. The van der Waals surface area contributed by atoms with Crippen molar-refractivity contribution in [3.05, 3.63) is 137 Å². The first-order valence-electron chi connectivity index (χ1n) is 13.2. The standard InChI is InChI=1S/C32H25ClN2O5S2/c33-25-11-9-10-23(21-25)20-24-22-34(41(37,38)26-12-3-1-4-13-26)19-18-29-28-16-7-8-17-30(28)35(31(29)32(24)36)42(39,40)27-14-5-2-6-15-27/h1-17,20-21H,18-19,22H2/b24-20+. The third-order valence-corrected chi connectivity index (χ3v) is 11.1. The SMILES string of the molecule is O=C1/C(=C/c2cccc(Cl)c2)CN(S(=O)(=O)c2ccccc2)CCc2c1n(S(=O)(=O)c1ccccc1)c1ccccc21. The molecule has 0 unspecified atom stereocenters. The number of fused-ring (bicyclic) bond motifs is 3. The largest absolute Gasteiger partial charge is 0.287 e. The number of carbonyl (C=O) groups excluding carboxylic acids is 1. The van der Waals surface area contributed by atoms with E-state index in [0.29, 0.717) is 27.1 Å². The van der Waals surface area contributed by atoms with E-state index in [1.54, 1.807) is 91.0 Å². The zero-order valence-corrected chi connectivity index (χ0v) is 24.6. The van der Waals surface area contributed by atoms with E-state index in [2.05, 4.69) is 0 Å². The van der Waals surface area contributed by atoms with E-state index in [9.17, 15) is 21.6 Å². The molecule has 1 aromatic heterocycles. The maximum atomic E-state index is 14.5. The number of sulfonamides is 1. The molecule has 6 rings (SSSR count). The Morgan fingerprint density at radius 3 is 2.00 bits per heavy atom. The number of nitrogens with zero attached hydrogens (tertiary/aromatic N) is 2. The Morgan fingerprint density at radius 2 is 1.33 bits per heavy atom. The van der Waals surface area contributed by atoms with Gasteiger partial charge in [-0.15, -0.1) is 0 Å². The molecule has 212 valence electrons. The zero-order chi connectivity index (χ0) is 29.5. The number of para-hydroxylation sites is 1. The Morgan fingerprint density at radius 1 is 0.714 bits per heavy atom. The van der Waals surface area contributed by atoms with Gasteiger partial charge in [-0.1, -0.05) is 78.3 Å². The highest BCUT2D eigenvalue weighted by molar-refractivity contribution is 7.90. The minimum absolute atomic E-state index is 0.00471. The van der Waals surface area contributed by atoms with Crippen LogP contribution in [-0.2, 0) is 26.5 Å². The molecule has 0 atom stereocenters. The summed E-state index contributed by atoms with van der Waals surface area (Å²) < 4.78 is 58.2. The normalized spacial score (nSPS) is 15.8. The predicted molar refractivity (Wildman–Crippen MR) is 164 cm³/mol. The van der Waals surface area contributed by atoms with Crippen LogP contribution < -0.4 is 0 Å². The number of Topliss-reactive ketones (excluding diaryl/α,β-unsaturated/α-hetero) is 1. The summed E-state index contributed by atoms with van der Waals surface area (Å²) in [6.07, 6.45) is 1.71. The molecular weight excluding hydrogens is 592 g/mol. The van der Waals surface area contributed by atoms with Crippen LogP contribution in [0.5, 0.6) is 0 Å². The fourth-order valence-electron chi connectivity index (χ4n) is 5.29. The average molecular weight is 617 g/mol. The molecule has 7 nitrogen and oxygen atoms in total. The van der Waals surface area contributed by atoms with E-state index in [1.807, 2.05) is 0 Å². The fourth-order valence-corrected chi connectivity index (χ4v) is 8.49. The Labute approximate surface area is 249 Å². The molecule has 0 fully saturated rings. The third-order valence-electron chi connectivity index (χ3n) is 7.25. The van der Waals surface area contributed by atoms with Crippen LogP contribution in [0.25, 0.3) is 17.0 Å². The van der Waals surface area contributed by atoms with Gasteiger partial charge in [-0.3, -0.25) is 4.79 Å². The number of halogens is 1. The van der Waals surface area contributed by atoms with E-state index in [1.165, 1.54) is 28.6 Å². The van der Waals surface area contributed by atoms with E-state index in [4.69, 9.17) is 11.6 Å². The molecule has 0 aliphatic carbocycles. The lowest BCUT2D eigenvalue weighted by Crippen LogP contribution is -2.38.